The van der Waals surface area contributed by atoms with Crippen molar-refractivity contribution in [3.8, 4) is 0 Å². The maximum absolute atomic E-state index is 12.5. The molecule has 0 saturated heterocycles. The first-order valence-corrected chi connectivity index (χ1v) is 5.56. The Morgan fingerprint density at radius 1 is 1.12 bits per heavy atom. The highest BCUT2D eigenvalue weighted by atomic mass is 19.4. The molecule has 1 N–H and O–H groups in total. The molecule has 17 heavy (non-hydrogen) atoms. The van der Waals surface area contributed by atoms with Gasteiger partial charge in [-0.05, 0) is 44.5 Å². The molecule has 0 saturated carbocycles. The summed E-state index contributed by atoms with van der Waals surface area (Å²) in [5.74, 6) is 0. The van der Waals surface area contributed by atoms with E-state index in [1.165, 1.54) is 0 Å². The molecular weight excluding hydrogens is 227 g/mol. The second-order valence-electron chi connectivity index (χ2n) is 4.47. The van der Waals surface area contributed by atoms with Gasteiger partial charge < -0.3 is 5.32 Å². The lowest BCUT2D eigenvalue weighted by Gasteiger charge is -2.23. The lowest BCUT2D eigenvalue weighted by Crippen LogP contribution is -2.25. The Hall–Kier alpha value is -1.03. The van der Waals surface area contributed by atoms with Crippen LogP contribution in [0.1, 0.15) is 34.7 Å². The van der Waals surface area contributed by atoms with E-state index < -0.39 is 18.6 Å². The molecule has 0 radical (unpaired) electrons. The van der Waals surface area contributed by atoms with Gasteiger partial charge in [-0.2, -0.15) is 13.2 Å². The molecular formula is C13H18F3N. The van der Waals surface area contributed by atoms with Crippen molar-refractivity contribution in [1.82, 2.24) is 5.32 Å². The lowest BCUT2D eigenvalue weighted by atomic mass is 9.92. The highest BCUT2D eigenvalue weighted by molar-refractivity contribution is 5.39. The van der Waals surface area contributed by atoms with E-state index in [-0.39, 0.29) is 0 Å². The Morgan fingerprint density at radius 2 is 1.59 bits per heavy atom. The fourth-order valence-electron chi connectivity index (χ4n) is 2.32. The first-order chi connectivity index (χ1) is 7.74. The topological polar surface area (TPSA) is 12.0 Å². The van der Waals surface area contributed by atoms with Gasteiger partial charge in [-0.3, -0.25) is 0 Å². The molecule has 0 bridgehead atoms. The molecule has 4 heteroatoms. The van der Waals surface area contributed by atoms with E-state index in [2.05, 4.69) is 5.32 Å². The molecule has 1 atom stereocenters. The molecule has 0 heterocycles. The molecule has 0 aliphatic heterocycles. The summed E-state index contributed by atoms with van der Waals surface area (Å²) in [5.41, 5.74) is 3.65. The number of aryl methyl sites for hydroxylation is 3. The van der Waals surface area contributed by atoms with Crippen LogP contribution < -0.4 is 5.32 Å². The highest BCUT2D eigenvalue weighted by Gasteiger charge is 2.33. The van der Waals surface area contributed by atoms with Crippen LogP contribution in [-0.2, 0) is 0 Å². The summed E-state index contributed by atoms with van der Waals surface area (Å²) in [4.78, 5) is 0. The molecule has 1 unspecified atom stereocenters. The number of rotatable bonds is 3. The van der Waals surface area contributed by atoms with Crippen molar-refractivity contribution < 1.29 is 13.2 Å². The van der Waals surface area contributed by atoms with Crippen LogP contribution in [0.25, 0.3) is 0 Å². The van der Waals surface area contributed by atoms with Gasteiger partial charge in [0.25, 0.3) is 0 Å². The standard InChI is InChI=1S/C13H18F3N/c1-8-5-9(2)12(10(3)6-8)11(17-4)7-13(14,15)16/h5-6,11,17H,7H2,1-4H3. The average molecular weight is 245 g/mol. The molecule has 1 aromatic rings. The van der Waals surface area contributed by atoms with Crippen LogP contribution in [-0.4, -0.2) is 13.2 Å². The van der Waals surface area contributed by atoms with Crippen LogP contribution in [0.4, 0.5) is 13.2 Å². The van der Waals surface area contributed by atoms with Gasteiger partial charge in [-0.15, -0.1) is 0 Å². The van der Waals surface area contributed by atoms with Crippen molar-refractivity contribution in [3.05, 3.63) is 34.4 Å². The summed E-state index contributed by atoms with van der Waals surface area (Å²) in [6.07, 6.45) is -4.99. The summed E-state index contributed by atoms with van der Waals surface area (Å²) in [6.45, 7) is 5.66. The van der Waals surface area contributed by atoms with Crippen LogP contribution in [0.15, 0.2) is 12.1 Å². The van der Waals surface area contributed by atoms with E-state index in [1.807, 2.05) is 32.9 Å². The van der Waals surface area contributed by atoms with Gasteiger partial charge in [0.2, 0.25) is 0 Å². The number of alkyl halides is 3. The SMILES string of the molecule is CNC(CC(F)(F)F)c1c(C)cc(C)cc1C. The third-order valence-corrected chi connectivity index (χ3v) is 2.87. The molecule has 1 aromatic carbocycles. The third-order valence-electron chi connectivity index (χ3n) is 2.87. The van der Waals surface area contributed by atoms with Gasteiger partial charge in [0.05, 0.1) is 6.42 Å². The van der Waals surface area contributed by atoms with E-state index in [1.54, 1.807) is 7.05 Å². The monoisotopic (exact) mass is 245 g/mol. The van der Waals surface area contributed by atoms with Gasteiger partial charge in [-0.1, -0.05) is 17.7 Å². The zero-order chi connectivity index (χ0) is 13.2. The Kier molecular flexibility index (Phi) is 4.20. The normalized spacial score (nSPS) is 13.8. The second kappa shape index (κ2) is 5.08. The molecule has 0 amide bonds. The predicted molar refractivity (Wildman–Crippen MR) is 63.1 cm³/mol. The first-order valence-electron chi connectivity index (χ1n) is 5.56. The number of hydrogen-bond donors (Lipinski definition) is 1. The minimum absolute atomic E-state index is 0.671. The third kappa shape index (κ3) is 3.73. The lowest BCUT2D eigenvalue weighted by molar-refractivity contribution is -0.140. The zero-order valence-electron chi connectivity index (χ0n) is 10.6. The molecule has 1 nitrogen and oxygen atoms in total. The number of nitrogens with one attached hydrogen (secondary N) is 1. The fraction of sp³-hybridized carbons (Fsp3) is 0.538. The van der Waals surface area contributed by atoms with Crippen LogP contribution in [0.2, 0.25) is 0 Å². The van der Waals surface area contributed by atoms with Crippen molar-refractivity contribution in [1.29, 1.82) is 0 Å². The molecule has 0 aliphatic carbocycles. The smallest absolute Gasteiger partial charge is 0.313 e. The number of halogens is 3. The Bertz CT molecular complexity index is 373. The van der Waals surface area contributed by atoms with Gasteiger partial charge in [0, 0.05) is 6.04 Å². The molecule has 0 spiro atoms. The molecule has 0 fully saturated rings. The minimum atomic E-state index is -4.16. The van der Waals surface area contributed by atoms with Crippen molar-refractivity contribution in [3.63, 3.8) is 0 Å². The molecule has 0 aliphatic rings. The average Bonchev–Trinajstić information content (AvgIpc) is 2.12. The van der Waals surface area contributed by atoms with Gasteiger partial charge >= 0.3 is 6.18 Å². The van der Waals surface area contributed by atoms with Crippen LogP contribution in [0.3, 0.4) is 0 Å². The summed E-state index contributed by atoms with van der Waals surface area (Å²) >= 11 is 0. The van der Waals surface area contributed by atoms with Crippen molar-refractivity contribution in [2.45, 2.75) is 39.4 Å². The highest BCUT2D eigenvalue weighted by Crippen LogP contribution is 2.32. The van der Waals surface area contributed by atoms with Crippen molar-refractivity contribution in [2.75, 3.05) is 7.05 Å². The second-order valence-corrected chi connectivity index (χ2v) is 4.47. The summed E-state index contributed by atoms with van der Waals surface area (Å²) in [5, 5.41) is 2.76. The summed E-state index contributed by atoms with van der Waals surface area (Å²) < 4.78 is 37.4. The quantitative estimate of drug-likeness (QED) is 0.853. The molecule has 1 rings (SSSR count). The van der Waals surface area contributed by atoms with Crippen LogP contribution in [0.5, 0.6) is 0 Å². The number of benzene rings is 1. The first kappa shape index (κ1) is 14.0. The maximum atomic E-state index is 12.5. The largest absolute Gasteiger partial charge is 0.390 e. The van der Waals surface area contributed by atoms with Gasteiger partial charge in [-0.25, -0.2) is 0 Å². The van der Waals surface area contributed by atoms with E-state index in [4.69, 9.17) is 0 Å². The van der Waals surface area contributed by atoms with Crippen molar-refractivity contribution >= 4 is 0 Å². The fourth-order valence-corrected chi connectivity index (χ4v) is 2.32. The molecule has 0 aromatic heterocycles. The zero-order valence-corrected chi connectivity index (χ0v) is 10.6. The Morgan fingerprint density at radius 3 is 1.94 bits per heavy atom. The maximum Gasteiger partial charge on any atom is 0.390 e. The van der Waals surface area contributed by atoms with Crippen LogP contribution >= 0.6 is 0 Å². The number of hydrogen-bond acceptors (Lipinski definition) is 1. The summed E-state index contributed by atoms with van der Waals surface area (Å²) in [6, 6.07) is 3.17. The summed E-state index contributed by atoms with van der Waals surface area (Å²) in [7, 11) is 1.56. The van der Waals surface area contributed by atoms with E-state index >= 15 is 0 Å². The Labute approximate surface area is 100 Å². The van der Waals surface area contributed by atoms with Gasteiger partial charge in [0.15, 0.2) is 0 Å². The van der Waals surface area contributed by atoms with E-state index in [0.717, 1.165) is 22.3 Å². The molecule has 96 valence electrons. The van der Waals surface area contributed by atoms with E-state index in [9.17, 15) is 13.2 Å². The van der Waals surface area contributed by atoms with Crippen molar-refractivity contribution in [2.24, 2.45) is 0 Å². The Balaban J connectivity index is 3.12. The van der Waals surface area contributed by atoms with E-state index in [0.29, 0.717) is 0 Å². The van der Waals surface area contributed by atoms with Gasteiger partial charge in [0.1, 0.15) is 0 Å². The van der Waals surface area contributed by atoms with Crippen LogP contribution in [0, 0.1) is 20.8 Å². The minimum Gasteiger partial charge on any atom is -0.313 e. The predicted octanol–water partition coefficient (Wildman–Crippen LogP) is 3.82.